The lowest BCUT2D eigenvalue weighted by Crippen LogP contribution is -2.20. The molecule has 0 aliphatic heterocycles. The quantitative estimate of drug-likeness (QED) is 0.393. The van der Waals surface area contributed by atoms with Crippen molar-refractivity contribution in [3.63, 3.8) is 0 Å². The van der Waals surface area contributed by atoms with E-state index in [4.69, 9.17) is 14.0 Å². The van der Waals surface area contributed by atoms with Crippen LogP contribution in [0.5, 0.6) is 5.75 Å². The number of nitrogens with zero attached hydrogens (tertiary/aromatic N) is 7. The second-order valence-corrected chi connectivity index (χ2v) is 9.44. The van der Waals surface area contributed by atoms with Crippen LogP contribution in [0.2, 0.25) is 0 Å². The minimum absolute atomic E-state index is 0.143. The van der Waals surface area contributed by atoms with Crippen molar-refractivity contribution < 1.29 is 14.0 Å². The SMILES string of the molecule is COc1ccc(-n2cnc(-c3noc(C(C)C)n3)c2C)c(-c2nnc(COC(C)(C)C)n2C)c1. The van der Waals surface area contributed by atoms with Crippen LogP contribution in [0.15, 0.2) is 29.0 Å². The summed E-state index contributed by atoms with van der Waals surface area (Å²) in [5.41, 5.74) is 2.99. The molecule has 0 saturated carbocycles. The molecule has 0 spiro atoms. The molecule has 1 aromatic carbocycles. The predicted molar refractivity (Wildman–Crippen MR) is 127 cm³/mol. The maximum Gasteiger partial charge on any atom is 0.229 e. The summed E-state index contributed by atoms with van der Waals surface area (Å²) in [6, 6.07) is 5.82. The zero-order chi connectivity index (χ0) is 24.6. The van der Waals surface area contributed by atoms with E-state index in [1.54, 1.807) is 13.4 Å². The molecule has 0 radical (unpaired) electrons. The molecular formula is C24H31N7O3. The van der Waals surface area contributed by atoms with Crippen LogP contribution in [0.4, 0.5) is 0 Å². The van der Waals surface area contributed by atoms with Crippen LogP contribution >= 0.6 is 0 Å². The Bertz CT molecular complexity index is 1290. The molecule has 0 saturated heterocycles. The second kappa shape index (κ2) is 9.02. The summed E-state index contributed by atoms with van der Waals surface area (Å²) in [7, 11) is 3.57. The highest BCUT2D eigenvalue weighted by Gasteiger charge is 2.22. The van der Waals surface area contributed by atoms with Crippen molar-refractivity contribution in [3.05, 3.63) is 41.9 Å². The number of rotatable bonds is 7. The highest BCUT2D eigenvalue weighted by atomic mass is 16.5. The van der Waals surface area contributed by atoms with Gasteiger partial charge in [-0.1, -0.05) is 19.0 Å². The Morgan fingerprint density at radius 2 is 1.91 bits per heavy atom. The summed E-state index contributed by atoms with van der Waals surface area (Å²) in [5.74, 6) is 3.33. The first-order chi connectivity index (χ1) is 16.1. The summed E-state index contributed by atoms with van der Waals surface area (Å²) >= 11 is 0. The van der Waals surface area contributed by atoms with Gasteiger partial charge in [-0.2, -0.15) is 4.98 Å². The third-order valence-electron chi connectivity index (χ3n) is 5.46. The maximum absolute atomic E-state index is 5.91. The molecule has 0 unspecified atom stereocenters. The minimum atomic E-state index is -0.276. The Labute approximate surface area is 198 Å². The molecule has 0 amide bonds. The fourth-order valence-electron chi connectivity index (χ4n) is 3.47. The second-order valence-electron chi connectivity index (χ2n) is 9.44. The van der Waals surface area contributed by atoms with E-state index in [9.17, 15) is 0 Å². The number of imidazole rings is 1. The van der Waals surface area contributed by atoms with Gasteiger partial charge in [0.15, 0.2) is 11.6 Å². The van der Waals surface area contributed by atoms with Crippen molar-refractivity contribution in [3.8, 4) is 34.3 Å². The highest BCUT2D eigenvalue weighted by molar-refractivity contribution is 5.71. The van der Waals surface area contributed by atoms with Gasteiger partial charge in [0.2, 0.25) is 11.7 Å². The van der Waals surface area contributed by atoms with Crippen LogP contribution in [0, 0.1) is 6.92 Å². The standard InChI is InChI=1S/C24H31N7O3/c1-14(2)23-26-21(29-34-23)20-15(3)31(13-25-20)18-10-9-16(32-8)11-17(18)22-28-27-19(30(22)7)12-33-24(4,5)6/h9-11,13-14H,12H2,1-8H3. The van der Waals surface area contributed by atoms with Gasteiger partial charge in [-0.3, -0.25) is 0 Å². The molecule has 0 aliphatic rings. The summed E-state index contributed by atoms with van der Waals surface area (Å²) in [4.78, 5) is 9.08. The molecule has 4 aromatic rings. The smallest absolute Gasteiger partial charge is 0.229 e. The third-order valence-corrected chi connectivity index (χ3v) is 5.46. The average molecular weight is 466 g/mol. The molecule has 0 N–H and O–H groups in total. The molecule has 3 aromatic heterocycles. The number of ether oxygens (including phenoxy) is 2. The lowest BCUT2D eigenvalue weighted by molar-refractivity contribution is -0.0191. The first-order valence-electron chi connectivity index (χ1n) is 11.2. The monoisotopic (exact) mass is 465 g/mol. The van der Waals surface area contributed by atoms with Crippen LogP contribution in [0.3, 0.4) is 0 Å². The van der Waals surface area contributed by atoms with Gasteiger partial charge >= 0.3 is 0 Å². The number of aromatic nitrogens is 7. The van der Waals surface area contributed by atoms with Crippen LogP contribution in [0.25, 0.3) is 28.6 Å². The molecule has 0 aliphatic carbocycles. The fourth-order valence-corrected chi connectivity index (χ4v) is 3.47. The van der Waals surface area contributed by atoms with Gasteiger partial charge in [-0.05, 0) is 45.9 Å². The van der Waals surface area contributed by atoms with Gasteiger partial charge in [0.25, 0.3) is 0 Å². The molecule has 3 heterocycles. The molecule has 34 heavy (non-hydrogen) atoms. The molecule has 4 rings (SSSR count). The van der Waals surface area contributed by atoms with E-state index in [0.29, 0.717) is 35.6 Å². The van der Waals surface area contributed by atoms with E-state index in [2.05, 4.69) is 25.3 Å². The normalized spacial score (nSPS) is 12.0. The van der Waals surface area contributed by atoms with Crippen molar-refractivity contribution >= 4 is 0 Å². The Kier molecular flexibility index (Phi) is 6.26. The van der Waals surface area contributed by atoms with E-state index in [1.807, 2.05) is 75.9 Å². The molecular weight excluding hydrogens is 434 g/mol. The Morgan fingerprint density at radius 1 is 1.15 bits per heavy atom. The molecule has 10 heteroatoms. The zero-order valence-electron chi connectivity index (χ0n) is 20.9. The number of hydrogen-bond donors (Lipinski definition) is 0. The van der Waals surface area contributed by atoms with E-state index in [0.717, 1.165) is 22.8 Å². The van der Waals surface area contributed by atoms with Gasteiger partial charge in [0.1, 0.15) is 24.4 Å². The van der Waals surface area contributed by atoms with Gasteiger partial charge in [0.05, 0.1) is 24.1 Å². The van der Waals surface area contributed by atoms with Gasteiger partial charge in [0, 0.05) is 18.5 Å². The van der Waals surface area contributed by atoms with Crippen molar-refractivity contribution in [1.82, 2.24) is 34.5 Å². The number of benzene rings is 1. The first kappa shape index (κ1) is 23.6. The highest BCUT2D eigenvalue weighted by Crippen LogP contribution is 2.32. The molecule has 0 bridgehead atoms. The van der Waals surface area contributed by atoms with Gasteiger partial charge < -0.3 is 23.1 Å². The van der Waals surface area contributed by atoms with Gasteiger partial charge in [-0.25, -0.2) is 4.98 Å². The predicted octanol–water partition coefficient (Wildman–Crippen LogP) is 4.47. The lowest BCUT2D eigenvalue weighted by Gasteiger charge is -2.19. The van der Waals surface area contributed by atoms with E-state index in [-0.39, 0.29) is 11.5 Å². The molecule has 0 fully saturated rings. The van der Waals surface area contributed by atoms with Crippen LogP contribution < -0.4 is 4.74 Å². The maximum atomic E-state index is 5.91. The zero-order valence-corrected chi connectivity index (χ0v) is 20.9. The third kappa shape index (κ3) is 4.58. The molecule has 0 atom stereocenters. The number of methoxy groups -OCH3 is 1. The Balaban J connectivity index is 1.77. The average Bonchev–Trinajstić information content (AvgIpc) is 3.50. The van der Waals surface area contributed by atoms with Crippen LogP contribution in [-0.2, 0) is 18.4 Å². The van der Waals surface area contributed by atoms with Crippen LogP contribution in [0.1, 0.15) is 57.9 Å². The van der Waals surface area contributed by atoms with Crippen molar-refractivity contribution in [1.29, 1.82) is 0 Å². The van der Waals surface area contributed by atoms with E-state index in [1.165, 1.54) is 0 Å². The Hall–Kier alpha value is -3.53. The summed E-state index contributed by atoms with van der Waals surface area (Å²) in [6.07, 6.45) is 1.75. The fraction of sp³-hybridized carbons (Fsp3) is 0.458. The van der Waals surface area contributed by atoms with E-state index >= 15 is 0 Å². The summed E-state index contributed by atoms with van der Waals surface area (Å²) < 4.78 is 20.7. The minimum Gasteiger partial charge on any atom is -0.497 e. The largest absolute Gasteiger partial charge is 0.497 e. The summed E-state index contributed by atoms with van der Waals surface area (Å²) in [6.45, 7) is 12.4. The topological polar surface area (TPSA) is 106 Å². The van der Waals surface area contributed by atoms with Crippen molar-refractivity contribution in [2.75, 3.05) is 7.11 Å². The summed E-state index contributed by atoms with van der Waals surface area (Å²) in [5, 5.41) is 13.0. The number of hydrogen-bond acceptors (Lipinski definition) is 8. The van der Waals surface area contributed by atoms with Crippen molar-refractivity contribution in [2.24, 2.45) is 7.05 Å². The molecule has 10 nitrogen and oxygen atoms in total. The van der Waals surface area contributed by atoms with Crippen molar-refractivity contribution in [2.45, 2.75) is 59.7 Å². The lowest BCUT2D eigenvalue weighted by atomic mass is 10.1. The Morgan fingerprint density at radius 3 is 2.56 bits per heavy atom. The molecule has 180 valence electrons. The van der Waals surface area contributed by atoms with E-state index < -0.39 is 0 Å². The van der Waals surface area contributed by atoms with Crippen LogP contribution in [-0.4, -0.2) is 47.2 Å². The van der Waals surface area contributed by atoms with Gasteiger partial charge in [-0.15, -0.1) is 10.2 Å². The first-order valence-corrected chi connectivity index (χ1v) is 11.2.